The number of piperazine rings is 1. The summed E-state index contributed by atoms with van der Waals surface area (Å²) in [7, 11) is 0. The Morgan fingerprint density at radius 3 is 2.25 bits per heavy atom. The number of halogens is 1. The number of anilines is 1. The van der Waals surface area contributed by atoms with Crippen LogP contribution in [0.15, 0.2) is 24.3 Å². The van der Waals surface area contributed by atoms with Crippen molar-refractivity contribution in [3.8, 4) is 0 Å². The van der Waals surface area contributed by atoms with E-state index in [1.165, 1.54) is 6.07 Å². The van der Waals surface area contributed by atoms with E-state index in [1.807, 2.05) is 15.9 Å². The second kappa shape index (κ2) is 9.39. The third kappa shape index (κ3) is 5.03. The molecule has 1 aliphatic heterocycles. The first kappa shape index (κ1) is 20.6. The molecule has 0 radical (unpaired) electrons. The summed E-state index contributed by atoms with van der Waals surface area (Å²) in [6.07, 6.45) is 3.14. The lowest BCUT2D eigenvalue weighted by atomic mass is 9.80. The van der Waals surface area contributed by atoms with Crippen LogP contribution in [-0.2, 0) is 9.59 Å². The number of hydrogen-bond acceptors (Lipinski definition) is 3. The predicted molar refractivity (Wildman–Crippen MR) is 108 cm³/mol. The van der Waals surface area contributed by atoms with Gasteiger partial charge in [0.25, 0.3) is 0 Å². The predicted octanol–water partition coefficient (Wildman–Crippen LogP) is 3.05. The van der Waals surface area contributed by atoms with Crippen molar-refractivity contribution >= 4 is 17.5 Å². The molecular formula is C22H32FN3O2. The van der Waals surface area contributed by atoms with Gasteiger partial charge in [-0.05, 0) is 43.7 Å². The molecule has 1 aliphatic carbocycles. The van der Waals surface area contributed by atoms with E-state index in [9.17, 15) is 14.0 Å². The van der Waals surface area contributed by atoms with Gasteiger partial charge in [0.2, 0.25) is 11.8 Å². The molecule has 1 aromatic carbocycles. The van der Waals surface area contributed by atoms with Crippen LogP contribution in [0.5, 0.6) is 0 Å². The number of hydrogen-bond donors (Lipinski definition) is 1. The van der Waals surface area contributed by atoms with Gasteiger partial charge in [0.1, 0.15) is 5.82 Å². The van der Waals surface area contributed by atoms with E-state index in [4.69, 9.17) is 0 Å². The number of para-hydroxylation sites is 1. The zero-order valence-corrected chi connectivity index (χ0v) is 17.0. The number of nitrogens with zero attached hydrogens (tertiary/aromatic N) is 2. The van der Waals surface area contributed by atoms with Crippen molar-refractivity contribution in [2.24, 2.45) is 17.8 Å². The molecule has 1 aromatic rings. The molecule has 154 valence electrons. The first-order valence-electron chi connectivity index (χ1n) is 10.5. The Balaban J connectivity index is 1.45. The maximum atomic E-state index is 14.0. The lowest BCUT2D eigenvalue weighted by Crippen LogP contribution is -2.51. The third-order valence-corrected chi connectivity index (χ3v) is 5.92. The average molecular weight is 390 g/mol. The van der Waals surface area contributed by atoms with Crippen molar-refractivity contribution < 1.29 is 14.0 Å². The lowest BCUT2D eigenvalue weighted by Gasteiger charge is -2.38. The molecule has 0 spiro atoms. The molecule has 1 N–H and O–H groups in total. The average Bonchev–Trinajstić information content (AvgIpc) is 2.72. The van der Waals surface area contributed by atoms with Gasteiger partial charge in [0.05, 0.1) is 5.69 Å². The molecule has 1 heterocycles. The van der Waals surface area contributed by atoms with E-state index in [-0.39, 0.29) is 29.5 Å². The molecule has 2 amide bonds. The highest BCUT2D eigenvalue weighted by molar-refractivity contribution is 5.81. The minimum absolute atomic E-state index is 0.0224. The van der Waals surface area contributed by atoms with Crippen LogP contribution in [0.2, 0.25) is 0 Å². The van der Waals surface area contributed by atoms with E-state index in [0.717, 1.165) is 25.7 Å². The van der Waals surface area contributed by atoms with Gasteiger partial charge >= 0.3 is 0 Å². The Hall–Kier alpha value is -2.11. The van der Waals surface area contributed by atoms with Crippen LogP contribution >= 0.6 is 0 Å². The van der Waals surface area contributed by atoms with E-state index < -0.39 is 0 Å². The monoisotopic (exact) mass is 389 g/mol. The van der Waals surface area contributed by atoms with Crippen LogP contribution < -0.4 is 10.2 Å². The Labute approximate surface area is 167 Å². The summed E-state index contributed by atoms with van der Waals surface area (Å²) in [5.41, 5.74) is 0.613. The molecule has 1 saturated heterocycles. The van der Waals surface area contributed by atoms with Crippen LogP contribution in [-0.4, -0.2) is 49.4 Å². The molecule has 0 aromatic heterocycles. The van der Waals surface area contributed by atoms with Crippen molar-refractivity contribution in [2.45, 2.75) is 39.5 Å². The summed E-state index contributed by atoms with van der Waals surface area (Å²) in [6, 6.07) is 6.80. The standard InChI is InChI=1S/C22H32FN3O2/c1-16(2)15-24-21(27)17-7-9-18(10-8-17)22(28)26-13-11-25(12-14-26)20-6-4-3-5-19(20)23/h3-6,16-18H,7-15H2,1-2H3,(H,24,27). The van der Waals surface area contributed by atoms with Gasteiger partial charge in [-0.1, -0.05) is 26.0 Å². The fourth-order valence-corrected chi connectivity index (χ4v) is 4.19. The van der Waals surface area contributed by atoms with Crippen molar-refractivity contribution in [2.75, 3.05) is 37.6 Å². The molecule has 0 unspecified atom stereocenters. The zero-order chi connectivity index (χ0) is 20.1. The number of rotatable bonds is 5. The van der Waals surface area contributed by atoms with E-state index in [2.05, 4.69) is 19.2 Å². The summed E-state index contributed by atoms with van der Waals surface area (Å²) >= 11 is 0. The van der Waals surface area contributed by atoms with Gasteiger partial charge in [0, 0.05) is 44.6 Å². The zero-order valence-electron chi connectivity index (χ0n) is 17.0. The fourth-order valence-electron chi connectivity index (χ4n) is 4.19. The maximum absolute atomic E-state index is 14.0. The number of benzene rings is 1. The Kier molecular flexibility index (Phi) is 6.92. The summed E-state index contributed by atoms with van der Waals surface area (Å²) in [5.74, 6) is 0.642. The van der Waals surface area contributed by atoms with Crippen LogP contribution in [0.3, 0.4) is 0 Å². The Morgan fingerprint density at radius 1 is 1.04 bits per heavy atom. The van der Waals surface area contributed by atoms with Crippen molar-refractivity contribution in [3.05, 3.63) is 30.1 Å². The van der Waals surface area contributed by atoms with Crippen LogP contribution in [0.4, 0.5) is 10.1 Å². The quantitative estimate of drug-likeness (QED) is 0.842. The van der Waals surface area contributed by atoms with Crippen LogP contribution in [0.1, 0.15) is 39.5 Å². The molecule has 28 heavy (non-hydrogen) atoms. The Morgan fingerprint density at radius 2 is 1.64 bits per heavy atom. The minimum Gasteiger partial charge on any atom is -0.366 e. The van der Waals surface area contributed by atoms with E-state index in [0.29, 0.717) is 44.3 Å². The van der Waals surface area contributed by atoms with Gasteiger partial charge in [-0.25, -0.2) is 4.39 Å². The molecule has 0 atom stereocenters. The molecule has 1 saturated carbocycles. The first-order chi connectivity index (χ1) is 13.5. The van der Waals surface area contributed by atoms with E-state index >= 15 is 0 Å². The summed E-state index contributed by atoms with van der Waals surface area (Å²) in [5, 5.41) is 3.01. The second-order valence-electron chi connectivity index (χ2n) is 8.45. The van der Waals surface area contributed by atoms with Crippen molar-refractivity contribution in [1.82, 2.24) is 10.2 Å². The SMILES string of the molecule is CC(C)CNC(=O)C1CCC(C(=O)N2CCN(c3ccccc3F)CC2)CC1. The van der Waals surface area contributed by atoms with Gasteiger partial charge < -0.3 is 15.1 Å². The van der Waals surface area contributed by atoms with Gasteiger partial charge in [0.15, 0.2) is 0 Å². The highest BCUT2D eigenvalue weighted by Crippen LogP contribution is 2.31. The molecule has 0 bridgehead atoms. The van der Waals surface area contributed by atoms with Crippen molar-refractivity contribution in [1.29, 1.82) is 0 Å². The Bertz CT molecular complexity index is 678. The fraction of sp³-hybridized carbons (Fsp3) is 0.636. The van der Waals surface area contributed by atoms with Gasteiger partial charge in [-0.2, -0.15) is 0 Å². The maximum Gasteiger partial charge on any atom is 0.225 e. The lowest BCUT2D eigenvalue weighted by molar-refractivity contribution is -0.138. The summed E-state index contributed by atoms with van der Waals surface area (Å²) < 4.78 is 14.0. The molecule has 5 nitrogen and oxygen atoms in total. The topological polar surface area (TPSA) is 52.7 Å². The molecule has 2 fully saturated rings. The molecule has 6 heteroatoms. The highest BCUT2D eigenvalue weighted by Gasteiger charge is 2.33. The highest BCUT2D eigenvalue weighted by atomic mass is 19.1. The first-order valence-corrected chi connectivity index (χ1v) is 10.5. The minimum atomic E-state index is -0.212. The number of amides is 2. The van der Waals surface area contributed by atoms with Gasteiger partial charge in [-0.15, -0.1) is 0 Å². The molecule has 2 aliphatic rings. The number of nitrogens with one attached hydrogen (secondary N) is 1. The number of carbonyl (C=O) groups excluding carboxylic acids is 2. The van der Waals surface area contributed by atoms with Crippen LogP contribution in [0, 0.1) is 23.6 Å². The van der Waals surface area contributed by atoms with Gasteiger partial charge in [-0.3, -0.25) is 9.59 Å². The van der Waals surface area contributed by atoms with Crippen molar-refractivity contribution in [3.63, 3.8) is 0 Å². The number of carbonyl (C=O) groups is 2. The summed E-state index contributed by atoms with van der Waals surface area (Å²) in [4.78, 5) is 29.1. The second-order valence-corrected chi connectivity index (χ2v) is 8.45. The van der Waals surface area contributed by atoms with Crippen LogP contribution in [0.25, 0.3) is 0 Å². The van der Waals surface area contributed by atoms with E-state index in [1.54, 1.807) is 12.1 Å². The molecular weight excluding hydrogens is 357 g/mol. The normalized spacial score (nSPS) is 23.0. The summed E-state index contributed by atoms with van der Waals surface area (Å²) in [6.45, 7) is 7.44. The largest absolute Gasteiger partial charge is 0.366 e. The third-order valence-electron chi connectivity index (χ3n) is 5.92. The smallest absolute Gasteiger partial charge is 0.225 e. The molecule has 3 rings (SSSR count).